The van der Waals surface area contributed by atoms with Gasteiger partial charge in [-0.25, -0.2) is 14.4 Å². The van der Waals surface area contributed by atoms with E-state index < -0.39 is 5.82 Å². The lowest BCUT2D eigenvalue weighted by molar-refractivity contribution is 0.0970. The summed E-state index contributed by atoms with van der Waals surface area (Å²) >= 11 is 1.26. The largest absolute Gasteiger partial charge is 0.292 e. The van der Waals surface area contributed by atoms with Gasteiger partial charge in [-0.15, -0.1) is 11.3 Å². The van der Waals surface area contributed by atoms with Gasteiger partial charge in [0.05, 0.1) is 18.4 Å². The van der Waals surface area contributed by atoms with Crippen molar-refractivity contribution in [3.05, 3.63) is 70.7 Å². The number of Topliss-reactive ketones (excluding diaryl/α,β-unsaturated/α-hetero) is 1. The summed E-state index contributed by atoms with van der Waals surface area (Å²) in [5.41, 5.74) is 0.665. The Balaban J connectivity index is 1.76. The Morgan fingerprint density at radius 3 is 2.75 bits per heavy atom. The van der Waals surface area contributed by atoms with Gasteiger partial charge in [0.1, 0.15) is 15.3 Å². The normalized spacial score (nSPS) is 11.2. The minimum absolute atomic E-state index is 0.144. The lowest BCUT2D eigenvalue weighted by atomic mass is 10.1. The zero-order valence-electron chi connectivity index (χ0n) is 12.3. The molecule has 0 spiro atoms. The number of ketones is 1. The Bertz CT molecular complexity index is 1130. The Morgan fingerprint density at radius 2 is 1.96 bits per heavy atom. The highest BCUT2D eigenvalue weighted by Crippen LogP contribution is 2.27. The molecule has 0 saturated carbocycles. The zero-order chi connectivity index (χ0) is 16.7. The first kappa shape index (κ1) is 14.6. The molecule has 0 amide bonds. The maximum Gasteiger partial charge on any atom is 0.271 e. The molecule has 0 fully saturated rings. The molecule has 0 saturated heterocycles. The van der Waals surface area contributed by atoms with Crippen LogP contribution in [0, 0.1) is 5.82 Å². The van der Waals surface area contributed by atoms with Gasteiger partial charge in [-0.1, -0.05) is 0 Å². The van der Waals surface area contributed by atoms with E-state index in [-0.39, 0.29) is 17.9 Å². The fourth-order valence-electron chi connectivity index (χ4n) is 2.50. The average Bonchev–Trinajstić information content (AvgIpc) is 2.97. The third kappa shape index (κ3) is 2.39. The standard InChI is InChI=1S/C17H10FN3O2S/c18-11-5-3-10(4-6-11)13(22)8-21-9-20-14-12-2-1-7-19-16(12)24-15(14)17(21)23/h1-7,9H,8H2. The van der Waals surface area contributed by atoms with Gasteiger partial charge >= 0.3 is 0 Å². The van der Waals surface area contributed by atoms with Crippen molar-refractivity contribution in [1.29, 1.82) is 0 Å². The highest BCUT2D eigenvalue weighted by Gasteiger charge is 2.14. The zero-order valence-corrected chi connectivity index (χ0v) is 13.1. The van der Waals surface area contributed by atoms with Crippen molar-refractivity contribution < 1.29 is 9.18 Å². The highest BCUT2D eigenvalue weighted by atomic mass is 32.1. The third-order valence-electron chi connectivity index (χ3n) is 3.70. The SMILES string of the molecule is O=C(Cn1cnc2c(sc3ncccc32)c1=O)c1ccc(F)cc1. The van der Waals surface area contributed by atoms with E-state index in [1.54, 1.807) is 12.3 Å². The van der Waals surface area contributed by atoms with Crippen LogP contribution in [-0.4, -0.2) is 20.3 Å². The molecule has 24 heavy (non-hydrogen) atoms. The molecule has 5 nitrogen and oxygen atoms in total. The van der Waals surface area contributed by atoms with E-state index in [1.165, 1.54) is 46.5 Å². The van der Waals surface area contributed by atoms with E-state index >= 15 is 0 Å². The van der Waals surface area contributed by atoms with Crippen LogP contribution in [0.25, 0.3) is 20.4 Å². The van der Waals surface area contributed by atoms with E-state index in [9.17, 15) is 14.0 Å². The van der Waals surface area contributed by atoms with Gasteiger partial charge in [0.25, 0.3) is 5.56 Å². The predicted octanol–water partition coefficient (Wildman–Crippen LogP) is 3.03. The van der Waals surface area contributed by atoms with Crippen molar-refractivity contribution in [2.24, 2.45) is 0 Å². The molecule has 0 N–H and O–H groups in total. The van der Waals surface area contributed by atoms with Crippen LogP contribution in [0.2, 0.25) is 0 Å². The molecule has 0 aliphatic carbocycles. The van der Waals surface area contributed by atoms with Crippen LogP contribution < -0.4 is 5.56 Å². The minimum Gasteiger partial charge on any atom is -0.292 e. The monoisotopic (exact) mass is 339 g/mol. The first-order chi connectivity index (χ1) is 11.6. The van der Waals surface area contributed by atoms with Gasteiger partial charge in [-0.3, -0.25) is 14.2 Å². The van der Waals surface area contributed by atoms with Gasteiger partial charge < -0.3 is 0 Å². The summed E-state index contributed by atoms with van der Waals surface area (Å²) in [5.74, 6) is -0.693. The second kappa shape index (κ2) is 5.61. The second-order valence-electron chi connectivity index (χ2n) is 5.24. The third-order valence-corrected chi connectivity index (χ3v) is 4.79. The number of carbonyl (C=O) groups excluding carboxylic acids is 1. The number of halogens is 1. The van der Waals surface area contributed by atoms with Crippen LogP contribution >= 0.6 is 11.3 Å². The first-order valence-corrected chi connectivity index (χ1v) is 7.96. The van der Waals surface area contributed by atoms with Crippen LogP contribution in [0.4, 0.5) is 4.39 Å². The molecule has 3 heterocycles. The van der Waals surface area contributed by atoms with E-state index in [0.29, 0.717) is 15.8 Å². The number of pyridine rings is 1. The summed E-state index contributed by atoms with van der Waals surface area (Å²) in [7, 11) is 0. The molecule has 0 atom stereocenters. The summed E-state index contributed by atoms with van der Waals surface area (Å²) in [6.45, 7) is -0.144. The number of fused-ring (bicyclic) bond motifs is 3. The van der Waals surface area contributed by atoms with E-state index in [0.717, 1.165) is 10.2 Å². The molecule has 1 aromatic carbocycles. The Labute approximate surface area is 139 Å². The summed E-state index contributed by atoms with van der Waals surface area (Å²) in [5, 5.41) is 0.826. The number of hydrogen-bond acceptors (Lipinski definition) is 5. The van der Waals surface area contributed by atoms with Gasteiger partial charge in [0, 0.05) is 17.1 Å². The molecule has 4 aromatic rings. The van der Waals surface area contributed by atoms with Crippen LogP contribution in [0.5, 0.6) is 0 Å². The number of rotatable bonds is 3. The van der Waals surface area contributed by atoms with Gasteiger partial charge in [0.2, 0.25) is 0 Å². The average molecular weight is 339 g/mol. The first-order valence-electron chi connectivity index (χ1n) is 7.15. The van der Waals surface area contributed by atoms with Crippen molar-refractivity contribution in [2.75, 3.05) is 0 Å². The van der Waals surface area contributed by atoms with Crippen molar-refractivity contribution in [2.45, 2.75) is 6.54 Å². The lowest BCUT2D eigenvalue weighted by Crippen LogP contribution is -2.24. The fraction of sp³-hybridized carbons (Fsp3) is 0.0588. The minimum atomic E-state index is -0.412. The van der Waals surface area contributed by atoms with Gasteiger partial charge in [0.15, 0.2) is 5.78 Å². The van der Waals surface area contributed by atoms with E-state index in [1.807, 2.05) is 6.07 Å². The van der Waals surface area contributed by atoms with Crippen LogP contribution in [-0.2, 0) is 6.54 Å². The Hall–Kier alpha value is -2.93. The smallest absolute Gasteiger partial charge is 0.271 e. The van der Waals surface area contributed by atoms with Crippen LogP contribution in [0.15, 0.2) is 53.7 Å². The Morgan fingerprint density at radius 1 is 1.17 bits per heavy atom. The molecule has 0 bridgehead atoms. The Kier molecular flexibility index (Phi) is 3.42. The maximum absolute atomic E-state index is 12.9. The number of carbonyl (C=O) groups is 1. The van der Waals surface area contributed by atoms with Crippen molar-refractivity contribution in [3.8, 4) is 0 Å². The lowest BCUT2D eigenvalue weighted by Gasteiger charge is -2.04. The number of hydrogen-bond donors (Lipinski definition) is 0. The molecular formula is C17H10FN3O2S. The quantitative estimate of drug-likeness (QED) is 0.538. The summed E-state index contributed by atoms with van der Waals surface area (Å²) in [6, 6.07) is 8.89. The topological polar surface area (TPSA) is 64.8 Å². The predicted molar refractivity (Wildman–Crippen MR) is 89.9 cm³/mol. The molecule has 3 aromatic heterocycles. The van der Waals surface area contributed by atoms with E-state index in [4.69, 9.17) is 0 Å². The molecule has 4 rings (SSSR count). The molecular weight excluding hydrogens is 329 g/mol. The molecule has 7 heteroatoms. The maximum atomic E-state index is 12.9. The van der Waals surface area contributed by atoms with Crippen molar-refractivity contribution >= 4 is 37.6 Å². The number of aromatic nitrogens is 3. The highest BCUT2D eigenvalue weighted by molar-refractivity contribution is 7.25. The molecule has 118 valence electrons. The van der Waals surface area contributed by atoms with E-state index in [2.05, 4.69) is 9.97 Å². The summed E-state index contributed by atoms with van der Waals surface area (Å²) < 4.78 is 14.7. The fourth-order valence-corrected chi connectivity index (χ4v) is 3.54. The van der Waals surface area contributed by atoms with Crippen LogP contribution in [0.1, 0.15) is 10.4 Å². The molecule has 0 radical (unpaired) electrons. The summed E-state index contributed by atoms with van der Waals surface area (Å²) in [6.07, 6.45) is 3.03. The number of benzene rings is 1. The molecule has 0 aliphatic rings. The van der Waals surface area contributed by atoms with Crippen molar-refractivity contribution in [1.82, 2.24) is 14.5 Å². The van der Waals surface area contributed by atoms with Crippen LogP contribution in [0.3, 0.4) is 0 Å². The number of thiophene rings is 1. The summed E-state index contributed by atoms with van der Waals surface area (Å²) in [4.78, 5) is 34.2. The van der Waals surface area contributed by atoms with Gasteiger partial charge in [-0.05, 0) is 36.4 Å². The van der Waals surface area contributed by atoms with Crippen molar-refractivity contribution in [3.63, 3.8) is 0 Å². The number of nitrogens with zero attached hydrogens (tertiary/aromatic N) is 3. The molecule has 0 unspecified atom stereocenters. The van der Waals surface area contributed by atoms with Gasteiger partial charge in [-0.2, -0.15) is 0 Å². The second-order valence-corrected chi connectivity index (χ2v) is 6.24. The molecule has 0 aliphatic heterocycles.